The molecule has 0 radical (unpaired) electrons. The maximum atomic E-state index is 12.7. The van der Waals surface area contributed by atoms with Crippen molar-refractivity contribution in [3.05, 3.63) is 16.6 Å². The van der Waals surface area contributed by atoms with Crippen molar-refractivity contribution in [2.24, 2.45) is 0 Å². The highest BCUT2D eigenvalue weighted by molar-refractivity contribution is 7.48. The highest BCUT2D eigenvalue weighted by Gasteiger charge is 2.52. The molecule has 1 fully saturated rings. The van der Waals surface area contributed by atoms with E-state index in [1.54, 1.807) is 13.8 Å². The Bertz CT molecular complexity index is 1090. The molecule has 0 aromatic carbocycles. The Morgan fingerprint density at radius 2 is 1.68 bits per heavy atom. The number of nitrogens with zero attached hydrogens (tertiary/aromatic N) is 4. The molecule has 3 rings (SSSR count). The zero-order valence-corrected chi connectivity index (χ0v) is 21.1. The van der Waals surface area contributed by atoms with Crippen LogP contribution in [0, 0.1) is 0 Å². The Morgan fingerprint density at radius 1 is 1.06 bits per heavy atom. The van der Waals surface area contributed by atoms with Crippen LogP contribution in [0.5, 0.6) is 0 Å². The van der Waals surface area contributed by atoms with E-state index in [-0.39, 0.29) is 35.9 Å². The molecule has 34 heavy (non-hydrogen) atoms. The first kappa shape index (κ1) is 26.7. The number of rotatable bonds is 10. The number of hydrogen-bond donors (Lipinski definition) is 0. The van der Waals surface area contributed by atoms with Gasteiger partial charge in [-0.25, -0.2) is 14.2 Å². The van der Waals surface area contributed by atoms with Gasteiger partial charge in [0.05, 0.1) is 31.4 Å². The van der Waals surface area contributed by atoms with E-state index in [1.165, 1.54) is 24.7 Å². The van der Waals surface area contributed by atoms with Crippen LogP contribution in [0.4, 0.5) is 0 Å². The molecule has 3 heterocycles. The lowest BCUT2D eigenvalue weighted by Gasteiger charge is -2.24. The molecule has 0 saturated carbocycles. The molecule has 1 aliphatic rings. The second kappa shape index (κ2) is 11.3. The summed E-state index contributed by atoms with van der Waals surface area (Å²) in [6.45, 7) is 5.34. The van der Waals surface area contributed by atoms with Crippen molar-refractivity contribution in [3.63, 3.8) is 0 Å². The smallest absolute Gasteiger partial charge is 0.456 e. The summed E-state index contributed by atoms with van der Waals surface area (Å²) >= 11 is 12.1. The van der Waals surface area contributed by atoms with Crippen molar-refractivity contribution in [2.75, 3.05) is 19.8 Å². The summed E-state index contributed by atoms with van der Waals surface area (Å²) in [6.07, 6.45) is -3.15. The summed E-state index contributed by atoms with van der Waals surface area (Å²) < 4.78 is 46.5. The predicted octanol–water partition coefficient (Wildman–Crippen LogP) is 3.09. The summed E-state index contributed by atoms with van der Waals surface area (Å²) in [5.41, 5.74) is 0.185. The van der Waals surface area contributed by atoms with Crippen LogP contribution >= 0.6 is 31.0 Å². The number of hydrogen-bond acceptors (Lipinski definition) is 12. The molecular weight excluding hydrogens is 518 g/mol. The second-order valence-corrected chi connectivity index (χ2v) is 9.27. The molecule has 4 atom stereocenters. The first-order chi connectivity index (χ1) is 16.1. The minimum absolute atomic E-state index is 0.0501. The number of aromatic nitrogens is 4. The standard InChI is InChI=1S/C18H23Cl2N4O9P/c1-5-28-34(27,29-6-2)30-8-12-13(31-9(3)25)14(32-10(4)26)17(33-12)24-16-11(7-21-24)15(19)22-18(20)23-16/h7,12-14,17H,5-6,8H2,1-4H3/t12-,13-,14-,17-/m1/s1. The van der Waals surface area contributed by atoms with Crippen molar-refractivity contribution in [3.8, 4) is 0 Å². The van der Waals surface area contributed by atoms with Crippen LogP contribution in [0.25, 0.3) is 11.0 Å². The number of carbonyl (C=O) groups is 2. The lowest BCUT2D eigenvalue weighted by Crippen LogP contribution is -2.40. The summed E-state index contributed by atoms with van der Waals surface area (Å²) in [6, 6.07) is 0. The van der Waals surface area contributed by atoms with Gasteiger partial charge in [0.2, 0.25) is 5.28 Å². The van der Waals surface area contributed by atoms with Gasteiger partial charge in [0, 0.05) is 13.8 Å². The third kappa shape index (κ3) is 6.03. The first-order valence-corrected chi connectivity index (χ1v) is 12.4. The van der Waals surface area contributed by atoms with Crippen LogP contribution in [0.15, 0.2) is 6.20 Å². The third-order valence-electron chi connectivity index (χ3n) is 4.48. The lowest BCUT2D eigenvalue weighted by atomic mass is 10.1. The topological polar surface area (TPSA) is 150 Å². The molecule has 0 aliphatic carbocycles. The monoisotopic (exact) mass is 540 g/mol. The van der Waals surface area contributed by atoms with Gasteiger partial charge in [-0.05, 0) is 25.4 Å². The van der Waals surface area contributed by atoms with Gasteiger partial charge in [0.25, 0.3) is 0 Å². The van der Waals surface area contributed by atoms with Crippen LogP contribution in [0.1, 0.15) is 33.9 Å². The fraction of sp³-hybridized carbons (Fsp3) is 0.611. The van der Waals surface area contributed by atoms with E-state index in [0.29, 0.717) is 5.39 Å². The van der Waals surface area contributed by atoms with Crippen molar-refractivity contribution >= 4 is 54.0 Å². The van der Waals surface area contributed by atoms with Crippen LogP contribution in [-0.4, -0.2) is 69.8 Å². The normalized spacial score (nSPS) is 22.8. The highest BCUT2D eigenvalue weighted by atomic mass is 35.5. The maximum Gasteiger partial charge on any atom is 0.474 e. The van der Waals surface area contributed by atoms with E-state index in [2.05, 4.69) is 15.1 Å². The molecule has 188 valence electrons. The average Bonchev–Trinajstić information content (AvgIpc) is 3.28. The second-order valence-electron chi connectivity index (χ2n) is 6.90. The maximum absolute atomic E-state index is 12.7. The number of phosphoric acid groups is 1. The number of phosphoric ester groups is 1. The van der Waals surface area contributed by atoms with Gasteiger partial charge in [-0.1, -0.05) is 11.6 Å². The van der Waals surface area contributed by atoms with Gasteiger partial charge in [-0.15, -0.1) is 0 Å². The molecule has 1 aliphatic heterocycles. The van der Waals surface area contributed by atoms with Crippen molar-refractivity contribution in [1.82, 2.24) is 19.7 Å². The van der Waals surface area contributed by atoms with Gasteiger partial charge in [-0.2, -0.15) is 10.1 Å². The van der Waals surface area contributed by atoms with E-state index in [4.69, 9.17) is 51.0 Å². The van der Waals surface area contributed by atoms with Crippen LogP contribution < -0.4 is 0 Å². The summed E-state index contributed by atoms with van der Waals surface area (Å²) in [4.78, 5) is 31.7. The first-order valence-electron chi connectivity index (χ1n) is 10.2. The SMILES string of the molecule is CCOP(=O)(OCC)OC[C@H]1O[C@@H](n2ncc3c(Cl)nc(Cl)nc32)[C@H](OC(C)=O)[C@@H]1OC(C)=O. The largest absolute Gasteiger partial charge is 0.474 e. The molecule has 16 heteroatoms. The fourth-order valence-electron chi connectivity index (χ4n) is 3.34. The fourth-order valence-corrected chi connectivity index (χ4v) is 4.94. The number of fused-ring (bicyclic) bond motifs is 1. The average molecular weight is 541 g/mol. The zero-order valence-electron chi connectivity index (χ0n) is 18.7. The molecule has 0 unspecified atom stereocenters. The quantitative estimate of drug-likeness (QED) is 0.188. The van der Waals surface area contributed by atoms with Gasteiger partial charge in [0.1, 0.15) is 11.3 Å². The molecule has 0 amide bonds. The molecule has 13 nitrogen and oxygen atoms in total. The van der Waals surface area contributed by atoms with E-state index < -0.39 is 44.3 Å². The third-order valence-corrected chi connectivity index (χ3v) is 6.55. The van der Waals surface area contributed by atoms with Gasteiger partial charge >= 0.3 is 19.8 Å². The van der Waals surface area contributed by atoms with Crippen molar-refractivity contribution in [1.29, 1.82) is 0 Å². The van der Waals surface area contributed by atoms with Crippen LogP contribution in [0.2, 0.25) is 10.4 Å². The van der Waals surface area contributed by atoms with E-state index in [9.17, 15) is 14.2 Å². The van der Waals surface area contributed by atoms with Gasteiger partial charge in [0.15, 0.2) is 24.1 Å². The minimum atomic E-state index is -3.92. The molecule has 2 aromatic rings. The Labute approximate surface area is 204 Å². The zero-order chi connectivity index (χ0) is 25.0. The minimum Gasteiger partial charge on any atom is -0.456 e. The summed E-state index contributed by atoms with van der Waals surface area (Å²) in [5.74, 6) is -1.35. The van der Waals surface area contributed by atoms with E-state index >= 15 is 0 Å². The number of ether oxygens (including phenoxy) is 3. The lowest BCUT2D eigenvalue weighted by molar-refractivity contribution is -0.165. The van der Waals surface area contributed by atoms with Gasteiger partial charge in [-0.3, -0.25) is 23.2 Å². The highest BCUT2D eigenvalue weighted by Crippen LogP contribution is 2.50. The molecule has 0 bridgehead atoms. The Morgan fingerprint density at radius 3 is 2.26 bits per heavy atom. The van der Waals surface area contributed by atoms with Crippen molar-refractivity contribution in [2.45, 2.75) is 52.2 Å². The molecular formula is C18H23Cl2N4O9P. The summed E-state index contributed by atoms with van der Waals surface area (Å²) in [5, 5.41) is 4.48. The summed E-state index contributed by atoms with van der Waals surface area (Å²) in [7, 11) is -3.92. The van der Waals surface area contributed by atoms with E-state index in [0.717, 1.165) is 0 Å². The molecule has 2 aromatic heterocycles. The predicted molar refractivity (Wildman–Crippen MR) is 117 cm³/mol. The Hall–Kier alpha value is -1.86. The van der Waals surface area contributed by atoms with Crippen LogP contribution in [-0.2, 0) is 41.9 Å². The Balaban J connectivity index is 1.98. The number of esters is 2. The number of halogens is 2. The molecule has 0 N–H and O–H groups in total. The number of carbonyl (C=O) groups excluding carboxylic acids is 2. The van der Waals surface area contributed by atoms with E-state index in [1.807, 2.05) is 0 Å². The molecule has 1 saturated heterocycles. The van der Waals surface area contributed by atoms with Crippen molar-refractivity contribution < 1.29 is 41.9 Å². The molecule has 0 spiro atoms. The van der Waals surface area contributed by atoms with Gasteiger partial charge < -0.3 is 14.2 Å². The van der Waals surface area contributed by atoms with Crippen LogP contribution in [0.3, 0.4) is 0 Å². The Kier molecular flexibility index (Phi) is 8.85.